The van der Waals surface area contributed by atoms with Crippen LogP contribution in [0, 0.1) is 5.92 Å². The number of hydrogen-bond donors (Lipinski definition) is 6. The second-order valence-electron chi connectivity index (χ2n) is 6.28. The molecular formula is C17H25N3O6. The summed E-state index contributed by atoms with van der Waals surface area (Å²) in [5, 5.41) is 32.0. The van der Waals surface area contributed by atoms with Gasteiger partial charge in [0.2, 0.25) is 11.8 Å². The molecule has 0 saturated carbocycles. The molecule has 2 amide bonds. The van der Waals surface area contributed by atoms with Crippen LogP contribution in [0.1, 0.15) is 19.4 Å². The molecule has 26 heavy (non-hydrogen) atoms. The second kappa shape index (κ2) is 9.73. The van der Waals surface area contributed by atoms with Crippen molar-refractivity contribution in [3.8, 4) is 5.75 Å². The summed E-state index contributed by atoms with van der Waals surface area (Å²) in [6, 6.07) is 2.60. The molecule has 3 atom stereocenters. The lowest BCUT2D eigenvalue weighted by Crippen LogP contribution is -2.56. The van der Waals surface area contributed by atoms with Crippen molar-refractivity contribution in [1.82, 2.24) is 10.6 Å². The molecule has 1 rings (SSSR count). The normalized spacial score (nSPS) is 14.3. The van der Waals surface area contributed by atoms with E-state index < -0.39 is 42.5 Å². The van der Waals surface area contributed by atoms with Gasteiger partial charge in [-0.3, -0.25) is 9.59 Å². The molecule has 7 N–H and O–H groups in total. The summed E-state index contributed by atoms with van der Waals surface area (Å²) in [6.45, 7) is 2.73. The molecule has 144 valence electrons. The minimum absolute atomic E-state index is 0.0480. The van der Waals surface area contributed by atoms with Crippen molar-refractivity contribution >= 4 is 17.8 Å². The number of rotatable bonds is 9. The third-order valence-corrected chi connectivity index (χ3v) is 3.83. The Morgan fingerprint density at radius 1 is 1.04 bits per heavy atom. The molecule has 0 aliphatic carbocycles. The van der Waals surface area contributed by atoms with E-state index in [0.717, 1.165) is 0 Å². The summed E-state index contributed by atoms with van der Waals surface area (Å²) in [7, 11) is 0. The van der Waals surface area contributed by atoms with Gasteiger partial charge >= 0.3 is 5.97 Å². The molecular weight excluding hydrogens is 342 g/mol. The van der Waals surface area contributed by atoms with E-state index in [0.29, 0.717) is 5.56 Å². The number of hydrogen-bond acceptors (Lipinski definition) is 6. The summed E-state index contributed by atoms with van der Waals surface area (Å²) in [5.41, 5.74) is 6.42. The first-order valence-corrected chi connectivity index (χ1v) is 8.13. The van der Waals surface area contributed by atoms with E-state index in [-0.39, 0.29) is 18.1 Å². The maximum atomic E-state index is 12.4. The molecule has 9 heteroatoms. The second-order valence-corrected chi connectivity index (χ2v) is 6.28. The van der Waals surface area contributed by atoms with Crippen molar-refractivity contribution in [2.75, 3.05) is 6.61 Å². The fourth-order valence-corrected chi connectivity index (χ4v) is 2.11. The number of carbonyl (C=O) groups excluding carboxylic acids is 2. The largest absolute Gasteiger partial charge is 0.508 e. The standard InChI is InChI=1S/C17H25N3O6/c1-9(2)14(18)16(24)19-12(7-10-3-5-11(22)6-4-10)15(23)20-13(8-21)17(25)26/h3-6,9,12-14,21-22H,7-8,18H2,1-2H3,(H,19,24)(H,20,23)(H,25,26)/t12-,13-,14-/m0/s1. The predicted octanol–water partition coefficient (Wildman–Crippen LogP) is -1.04. The maximum Gasteiger partial charge on any atom is 0.328 e. The number of nitrogens with two attached hydrogens (primary N) is 1. The van der Waals surface area contributed by atoms with E-state index in [1.54, 1.807) is 26.0 Å². The Bertz CT molecular complexity index is 632. The molecule has 0 radical (unpaired) electrons. The first kappa shape index (κ1) is 21.4. The summed E-state index contributed by atoms with van der Waals surface area (Å²) in [5.74, 6) is -2.81. The van der Waals surface area contributed by atoms with Gasteiger partial charge in [-0.25, -0.2) is 4.79 Å². The molecule has 0 unspecified atom stereocenters. The van der Waals surface area contributed by atoms with Crippen LogP contribution in [0.15, 0.2) is 24.3 Å². The van der Waals surface area contributed by atoms with Crippen molar-refractivity contribution in [3.63, 3.8) is 0 Å². The topological polar surface area (TPSA) is 162 Å². The van der Waals surface area contributed by atoms with Crippen LogP contribution in [0.3, 0.4) is 0 Å². The number of benzene rings is 1. The first-order valence-electron chi connectivity index (χ1n) is 8.13. The minimum atomic E-state index is -1.49. The van der Waals surface area contributed by atoms with Crippen molar-refractivity contribution in [2.45, 2.75) is 38.4 Å². The molecule has 1 aromatic carbocycles. The van der Waals surface area contributed by atoms with Gasteiger partial charge in [-0.1, -0.05) is 26.0 Å². The Morgan fingerprint density at radius 3 is 2.04 bits per heavy atom. The lowest BCUT2D eigenvalue weighted by atomic mass is 10.0. The van der Waals surface area contributed by atoms with Crippen LogP contribution >= 0.6 is 0 Å². The number of nitrogens with one attached hydrogen (secondary N) is 2. The van der Waals surface area contributed by atoms with Crippen molar-refractivity contribution < 1.29 is 29.7 Å². The highest BCUT2D eigenvalue weighted by molar-refractivity contribution is 5.92. The van der Waals surface area contributed by atoms with Crippen molar-refractivity contribution in [3.05, 3.63) is 29.8 Å². The Morgan fingerprint density at radius 2 is 1.58 bits per heavy atom. The molecule has 9 nitrogen and oxygen atoms in total. The monoisotopic (exact) mass is 367 g/mol. The van der Waals surface area contributed by atoms with Gasteiger partial charge < -0.3 is 31.7 Å². The Balaban J connectivity index is 2.96. The number of carboxylic acids is 1. The average Bonchev–Trinajstić information content (AvgIpc) is 2.59. The highest BCUT2D eigenvalue weighted by Crippen LogP contribution is 2.12. The van der Waals surface area contributed by atoms with E-state index in [9.17, 15) is 19.5 Å². The molecule has 0 bridgehead atoms. The average molecular weight is 367 g/mol. The molecule has 0 heterocycles. The first-order chi connectivity index (χ1) is 12.1. The van der Waals surface area contributed by atoms with Crippen LogP contribution < -0.4 is 16.4 Å². The number of amides is 2. The summed E-state index contributed by atoms with van der Waals surface area (Å²) >= 11 is 0. The summed E-state index contributed by atoms with van der Waals surface area (Å²) in [6.07, 6.45) is 0.0560. The van der Waals surface area contributed by atoms with Gasteiger partial charge in [0.15, 0.2) is 0 Å². The van der Waals surface area contributed by atoms with E-state index in [1.807, 2.05) is 0 Å². The fourth-order valence-electron chi connectivity index (χ4n) is 2.11. The van der Waals surface area contributed by atoms with Gasteiger partial charge in [0.05, 0.1) is 12.6 Å². The SMILES string of the molecule is CC(C)[C@H](N)C(=O)N[C@@H](Cc1ccc(O)cc1)C(=O)N[C@@H](CO)C(=O)O. The summed E-state index contributed by atoms with van der Waals surface area (Å²) < 4.78 is 0. The number of aliphatic hydroxyl groups is 1. The van der Waals surface area contributed by atoms with Crippen molar-refractivity contribution in [1.29, 1.82) is 0 Å². The molecule has 0 fully saturated rings. The molecule has 1 aromatic rings. The maximum absolute atomic E-state index is 12.4. The van der Waals surface area contributed by atoms with Crippen LogP contribution in [0.4, 0.5) is 0 Å². The molecule has 0 saturated heterocycles. The number of carbonyl (C=O) groups is 3. The van der Waals surface area contributed by atoms with Gasteiger partial charge in [0.25, 0.3) is 0 Å². The van der Waals surface area contributed by atoms with Crippen molar-refractivity contribution in [2.24, 2.45) is 11.7 Å². The number of aliphatic carboxylic acids is 1. The number of phenols is 1. The van der Waals surface area contributed by atoms with Gasteiger partial charge in [-0.2, -0.15) is 0 Å². The van der Waals surface area contributed by atoms with Gasteiger partial charge in [-0.05, 0) is 23.6 Å². The quantitative estimate of drug-likeness (QED) is 0.325. The van der Waals surface area contributed by atoms with Crippen LogP contribution in [0.5, 0.6) is 5.75 Å². The van der Waals surface area contributed by atoms with E-state index >= 15 is 0 Å². The van der Waals surface area contributed by atoms with Gasteiger partial charge in [-0.15, -0.1) is 0 Å². The Labute approximate surface area is 151 Å². The van der Waals surface area contributed by atoms with E-state index in [4.69, 9.17) is 15.9 Å². The van der Waals surface area contributed by atoms with Crippen LogP contribution in [-0.2, 0) is 20.8 Å². The van der Waals surface area contributed by atoms with Crippen LogP contribution in [0.2, 0.25) is 0 Å². The zero-order chi connectivity index (χ0) is 19.9. The van der Waals surface area contributed by atoms with Gasteiger partial charge in [0, 0.05) is 6.42 Å². The number of aromatic hydroxyl groups is 1. The Hall–Kier alpha value is -2.65. The van der Waals surface area contributed by atoms with E-state index in [2.05, 4.69) is 10.6 Å². The zero-order valence-electron chi connectivity index (χ0n) is 14.7. The van der Waals surface area contributed by atoms with Crippen LogP contribution in [-0.4, -0.2) is 57.8 Å². The lowest BCUT2D eigenvalue weighted by Gasteiger charge is -2.23. The molecule has 0 aromatic heterocycles. The third kappa shape index (κ3) is 6.34. The fraction of sp³-hybridized carbons (Fsp3) is 0.471. The Kier molecular flexibility index (Phi) is 8.01. The lowest BCUT2D eigenvalue weighted by molar-refractivity contribution is -0.143. The smallest absolute Gasteiger partial charge is 0.328 e. The molecule has 0 spiro atoms. The zero-order valence-corrected chi connectivity index (χ0v) is 14.7. The highest BCUT2D eigenvalue weighted by Gasteiger charge is 2.28. The highest BCUT2D eigenvalue weighted by atomic mass is 16.4. The number of aliphatic hydroxyl groups excluding tert-OH is 1. The van der Waals surface area contributed by atoms with Gasteiger partial charge in [0.1, 0.15) is 17.8 Å². The summed E-state index contributed by atoms with van der Waals surface area (Å²) in [4.78, 5) is 35.6. The molecule has 0 aliphatic rings. The van der Waals surface area contributed by atoms with E-state index in [1.165, 1.54) is 12.1 Å². The van der Waals surface area contributed by atoms with Crippen LogP contribution in [0.25, 0.3) is 0 Å². The number of carboxylic acid groups (broad SMARTS) is 1. The predicted molar refractivity (Wildman–Crippen MR) is 93.2 cm³/mol. The number of phenolic OH excluding ortho intramolecular Hbond substituents is 1. The molecule has 0 aliphatic heterocycles. The third-order valence-electron chi connectivity index (χ3n) is 3.83. The minimum Gasteiger partial charge on any atom is -0.508 e.